The molecule has 1 amide bonds. The third-order valence-corrected chi connectivity index (χ3v) is 5.50. The molecule has 3 aromatic rings. The molecule has 0 spiro atoms. The minimum atomic E-state index is -3.32. The monoisotopic (exact) mass is 414 g/mol. The molecule has 0 fully saturated rings. The molecule has 1 heterocycles. The van der Waals surface area contributed by atoms with Crippen LogP contribution >= 0.6 is 0 Å². The summed E-state index contributed by atoms with van der Waals surface area (Å²) in [6.07, 6.45) is 6.43. The molecular weight excluding hydrogens is 392 g/mol. The molecule has 29 heavy (non-hydrogen) atoms. The van der Waals surface area contributed by atoms with Crippen molar-refractivity contribution in [3.63, 3.8) is 0 Å². The van der Waals surface area contributed by atoms with Crippen LogP contribution in [-0.4, -0.2) is 43.8 Å². The largest absolute Gasteiger partial charge is 0.484 e. The summed E-state index contributed by atoms with van der Waals surface area (Å²) in [5, 5.41) is 2.80. The van der Waals surface area contributed by atoms with Crippen molar-refractivity contribution < 1.29 is 17.9 Å². The molecule has 1 aromatic heterocycles. The first-order chi connectivity index (χ1) is 13.8. The molecule has 2 aromatic carbocycles. The Morgan fingerprint density at radius 3 is 2.41 bits per heavy atom. The minimum Gasteiger partial charge on any atom is -0.484 e. The first-order valence-corrected chi connectivity index (χ1v) is 10.7. The molecule has 3 rings (SSSR count). The van der Waals surface area contributed by atoms with Gasteiger partial charge in [0.1, 0.15) is 5.75 Å². The zero-order valence-electron chi connectivity index (χ0n) is 16.1. The number of nitrogens with zero attached hydrogens (tertiary/aromatic N) is 3. The number of carbonyl (C=O) groups excluding carboxylic acids is 1. The van der Waals surface area contributed by atoms with Gasteiger partial charge in [0, 0.05) is 31.7 Å². The number of amides is 1. The number of anilines is 1. The summed E-state index contributed by atoms with van der Waals surface area (Å²) in [5.74, 6) is 0.233. The van der Waals surface area contributed by atoms with Crippen LogP contribution in [0.3, 0.4) is 0 Å². The van der Waals surface area contributed by atoms with E-state index in [9.17, 15) is 13.2 Å². The quantitative estimate of drug-likeness (QED) is 0.608. The lowest BCUT2D eigenvalue weighted by molar-refractivity contribution is -0.123. The first-order valence-electron chi connectivity index (χ1n) is 8.84. The molecule has 0 saturated carbocycles. The number of hydrogen-bond acceptors (Lipinski definition) is 5. The summed E-state index contributed by atoms with van der Waals surface area (Å²) in [6, 6.07) is 14.3. The maximum atomic E-state index is 12.0. The van der Waals surface area contributed by atoms with E-state index in [1.807, 2.05) is 35.0 Å². The fraction of sp³-hybridized carbons (Fsp3) is 0.200. The minimum absolute atomic E-state index is 0.131. The van der Waals surface area contributed by atoms with Crippen LogP contribution < -0.4 is 14.4 Å². The van der Waals surface area contributed by atoms with Crippen molar-refractivity contribution in [3.05, 3.63) is 72.8 Å². The molecule has 152 valence electrons. The molecule has 0 atom stereocenters. The zero-order chi connectivity index (χ0) is 20.9. The van der Waals surface area contributed by atoms with Crippen molar-refractivity contribution in [1.29, 1.82) is 0 Å². The van der Waals surface area contributed by atoms with Gasteiger partial charge in [-0.15, -0.1) is 0 Å². The van der Waals surface area contributed by atoms with Gasteiger partial charge in [-0.3, -0.25) is 9.10 Å². The van der Waals surface area contributed by atoms with E-state index in [0.29, 0.717) is 18.0 Å². The Hall–Kier alpha value is -3.33. The number of benzene rings is 2. The number of rotatable bonds is 8. The smallest absolute Gasteiger partial charge is 0.258 e. The molecule has 1 N–H and O–H groups in total. The average Bonchev–Trinajstić information content (AvgIpc) is 3.25. The summed E-state index contributed by atoms with van der Waals surface area (Å²) in [7, 11) is -1.85. The molecule has 0 aliphatic rings. The van der Waals surface area contributed by atoms with Crippen LogP contribution in [-0.2, 0) is 21.4 Å². The van der Waals surface area contributed by atoms with Gasteiger partial charge in [-0.1, -0.05) is 12.1 Å². The van der Waals surface area contributed by atoms with Gasteiger partial charge in [-0.2, -0.15) is 0 Å². The summed E-state index contributed by atoms with van der Waals surface area (Å²) in [5.41, 5.74) is 2.48. The van der Waals surface area contributed by atoms with Gasteiger partial charge in [0.05, 0.1) is 18.3 Å². The number of ether oxygens (including phenoxy) is 1. The third-order valence-electron chi connectivity index (χ3n) is 4.30. The van der Waals surface area contributed by atoms with Gasteiger partial charge in [-0.05, 0) is 42.0 Å². The van der Waals surface area contributed by atoms with Crippen LogP contribution in [0.1, 0.15) is 5.56 Å². The van der Waals surface area contributed by atoms with Crippen LogP contribution in [0.15, 0.2) is 67.3 Å². The van der Waals surface area contributed by atoms with Gasteiger partial charge in [0.15, 0.2) is 6.61 Å². The predicted octanol–water partition coefficient (Wildman–Crippen LogP) is 1.96. The zero-order valence-corrected chi connectivity index (χ0v) is 17.0. The van der Waals surface area contributed by atoms with Crippen molar-refractivity contribution in [1.82, 2.24) is 14.9 Å². The van der Waals surface area contributed by atoms with Crippen molar-refractivity contribution in [2.45, 2.75) is 6.54 Å². The fourth-order valence-corrected chi connectivity index (χ4v) is 3.05. The Labute approximate surface area is 169 Å². The molecule has 9 heteroatoms. The number of hydrogen-bond donors (Lipinski definition) is 1. The van der Waals surface area contributed by atoms with E-state index in [-0.39, 0.29) is 12.5 Å². The van der Waals surface area contributed by atoms with Crippen LogP contribution in [0.2, 0.25) is 0 Å². The second-order valence-corrected chi connectivity index (χ2v) is 8.44. The van der Waals surface area contributed by atoms with E-state index in [1.165, 1.54) is 11.4 Å². The lowest BCUT2D eigenvalue weighted by Gasteiger charge is -2.16. The highest BCUT2D eigenvalue weighted by Gasteiger charge is 2.11. The molecule has 0 unspecified atom stereocenters. The fourth-order valence-electron chi connectivity index (χ4n) is 2.54. The molecule has 0 aliphatic heterocycles. The van der Waals surface area contributed by atoms with E-state index in [2.05, 4.69) is 10.3 Å². The van der Waals surface area contributed by atoms with Crippen molar-refractivity contribution in [2.75, 3.05) is 24.2 Å². The Kier molecular flexibility index (Phi) is 6.18. The molecule has 0 radical (unpaired) electrons. The summed E-state index contributed by atoms with van der Waals surface area (Å²) in [4.78, 5) is 16.0. The third kappa shape index (κ3) is 5.58. The SMILES string of the molecule is CN(c1ccc(OCC(=O)NCc2ccc(-n3ccnc3)cc2)cc1)S(C)(=O)=O. The van der Waals surface area contributed by atoms with Crippen LogP contribution in [0.5, 0.6) is 5.75 Å². The van der Waals surface area contributed by atoms with E-state index >= 15 is 0 Å². The number of imidazole rings is 1. The summed E-state index contributed by atoms with van der Waals surface area (Å²) < 4.78 is 31.6. The average molecular weight is 414 g/mol. The second-order valence-electron chi connectivity index (χ2n) is 6.43. The Bertz CT molecular complexity index is 1050. The highest BCUT2D eigenvalue weighted by molar-refractivity contribution is 7.92. The first kappa shape index (κ1) is 20.4. The number of sulfonamides is 1. The molecule has 0 bridgehead atoms. The normalized spacial score (nSPS) is 11.1. The van der Waals surface area contributed by atoms with E-state index in [0.717, 1.165) is 17.5 Å². The Morgan fingerprint density at radius 2 is 1.83 bits per heavy atom. The Morgan fingerprint density at radius 1 is 1.14 bits per heavy atom. The van der Waals surface area contributed by atoms with Gasteiger partial charge < -0.3 is 14.6 Å². The van der Waals surface area contributed by atoms with Crippen molar-refractivity contribution in [3.8, 4) is 11.4 Å². The summed E-state index contributed by atoms with van der Waals surface area (Å²) in [6.45, 7) is 0.263. The van der Waals surface area contributed by atoms with Gasteiger partial charge in [-0.25, -0.2) is 13.4 Å². The van der Waals surface area contributed by atoms with Gasteiger partial charge in [0.2, 0.25) is 10.0 Å². The van der Waals surface area contributed by atoms with Crippen LogP contribution in [0.4, 0.5) is 5.69 Å². The van der Waals surface area contributed by atoms with E-state index in [4.69, 9.17) is 4.74 Å². The van der Waals surface area contributed by atoms with Crippen LogP contribution in [0.25, 0.3) is 5.69 Å². The summed E-state index contributed by atoms with van der Waals surface area (Å²) >= 11 is 0. The molecule has 0 aliphatic carbocycles. The highest BCUT2D eigenvalue weighted by atomic mass is 32.2. The molecule has 8 nitrogen and oxygen atoms in total. The van der Waals surface area contributed by atoms with E-state index < -0.39 is 10.0 Å². The number of aromatic nitrogens is 2. The standard InChI is InChI=1S/C20H22N4O4S/c1-23(29(2,26)27)17-7-9-19(10-8-17)28-14-20(25)22-13-16-3-5-18(6-4-16)24-12-11-21-15-24/h3-12,15H,13-14H2,1-2H3,(H,22,25). The van der Waals surface area contributed by atoms with Gasteiger partial charge >= 0.3 is 0 Å². The van der Waals surface area contributed by atoms with Crippen molar-refractivity contribution >= 4 is 21.6 Å². The number of carbonyl (C=O) groups is 1. The number of nitrogens with one attached hydrogen (secondary N) is 1. The molecule has 0 saturated heterocycles. The lowest BCUT2D eigenvalue weighted by Crippen LogP contribution is -2.28. The Balaban J connectivity index is 1.46. The topological polar surface area (TPSA) is 93.5 Å². The van der Waals surface area contributed by atoms with Crippen molar-refractivity contribution in [2.24, 2.45) is 0 Å². The second kappa shape index (κ2) is 8.78. The van der Waals surface area contributed by atoms with Crippen LogP contribution in [0, 0.1) is 0 Å². The van der Waals surface area contributed by atoms with E-state index in [1.54, 1.807) is 36.8 Å². The lowest BCUT2D eigenvalue weighted by atomic mass is 10.2. The maximum Gasteiger partial charge on any atom is 0.258 e. The molecular formula is C20H22N4O4S. The highest BCUT2D eigenvalue weighted by Crippen LogP contribution is 2.20. The van der Waals surface area contributed by atoms with Gasteiger partial charge in [0.25, 0.3) is 5.91 Å². The maximum absolute atomic E-state index is 12.0. The predicted molar refractivity (Wildman–Crippen MR) is 111 cm³/mol.